The van der Waals surface area contributed by atoms with Gasteiger partial charge < -0.3 is 15.8 Å². The van der Waals surface area contributed by atoms with Crippen molar-refractivity contribution in [2.75, 3.05) is 24.3 Å². The zero-order valence-corrected chi connectivity index (χ0v) is 9.09. The van der Waals surface area contributed by atoms with Gasteiger partial charge in [-0.25, -0.2) is 4.39 Å². The Morgan fingerprint density at radius 1 is 1.53 bits per heavy atom. The molecule has 15 heavy (non-hydrogen) atoms. The van der Waals surface area contributed by atoms with E-state index in [1.807, 2.05) is 13.8 Å². The van der Waals surface area contributed by atoms with Gasteiger partial charge in [0.25, 0.3) is 0 Å². The molecule has 0 saturated carbocycles. The van der Waals surface area contributed by atoms with E-state index >= 15 is 0 Å². The van der Waals surface area contributed by atoms with Gasteiger partial charge in [-0.05, 0) is 32.0 Å². The molecule has 0 radical (unpaired) electrons. The molecule has 0 bridgehead atoms. The first kappa shape index (κ1) is 11.8. The SMILES string of the molecule is CCOCC(C)Nc1cc(F)ccc1N. The van der Waals surface area contributed by atoms with Crippen LogP contribution in [0.15, 0.2) is 18.2 Å². The van der Waals surface area contributed by atoms with Crippen molar-refractivity contribution in [3.8, 4) is 0 Å². The van der Waals surface area contributed by atoms with Crippen molar-refractivity contribution in [1.82, 2.24) is 0 Å². The van der Waals surface area contributed by atoms with Gasteiger partial charge in [-0.1, -0.05) is 0 Å². The Morgan fingerprint density at radius 2 is 2.27 bits per heavy atom. The third-order valence-electron chi connectivity index (χ3n) is 1.99. The topological polar surface area (TPSA) is 47.3 Å². The molecule has 0 spiro atoms. The first-order valence-corrected chi connectivity index (χ1v) is 5.02. The van der Waals surface area contributed by atoms with Crippen molar-refractivity contribution in [1.29, 1.82) is 0 Å². The van der Waals surface area contributed by atoms with Crippen molar-refractivity contribution in [2.24, 2.45) is 0 Å². The highest BCUT2D eigenvalue weighted by atomic mass is 19.1. The highest BCUT2D eigenvalue weighted by molar-refractivity contribution is 5.66. The van der Waals surface area contributed by atoms with Gasteiger partial charge in [0.05, 0.1) is 18.0 Å². The molecule has 3 nitrogen and oxygen atoms in total. The molecule has 1 unspecified atom stereocenters. The van der Waals surface area contributed by atoms with Crippen LogP contribution in [0.3, 0.4) is 0 Å². The van der Waals surface area contributed by atoms with E-state index < -0.39 is 0 Å². The summed E-state index contributed by atoms with van der Waals surface area (Å²) in [5.41, 5.74) is 6.85. The minimum Gasteiger partial charge on any atom is -0.397 e. The molecule has 84 valence electrons. The number of nitrogen functional groups attached to an aromatic ring is 1. The Kier molecular flexibility index (Phi) is 4.37. The number of halogens is 1. The molecule has 0 aromatic heterocycles. The Labute approximate surface area is 89.4 Å². The second-order valence-corrected chi connectivity index (χ2v) is 3.44. The van der Waals surface area contributed by atoms with E-state index in [1.165, 1.54) is 12.1 Å². The van der Waals surface area contributed by atoms with Crippen LogP contribution < -0.4 is 11.1 Å². The van der Waals surface area contributed by atoms with E-state index in [1.54, 1.807) is 6.07 Å². The van der Waals surface area contributed by atoms with Crippen molar-refractivity contribution in [3.05, 3.63) is 24.0 Å². The molecule has 0 fully saturated rings. The van der Waals surface area contributed by atoms with Gasteiger partial charge >= 0.3 is 0 Å². The van der Waals surface area contributed by atoms with Crippen LogP contribution in [0, 0.1) is 5.82 Å². The van der Waals surface area contributed by atoms with Gasteiger partial charge in [-0.15, -0.1) is 0 Å². The third kappa shape index (κ3) is 3.75. The smallest absolute Gasteiger partial charge is 0.125 e. The lowest BCUT2D eigenvalue weighted by Crippen LogP contribution is -2.22. The summed E-state index contributed by atoms with van der Waals surface area (Å²) >= 11 is 0. The molecule has 0 aliphatic carbocycles. The van der Waals surface area contributed by atoms with Gasteiger partial charge in [0.2, 0.25) is 0 Å². The lowest BCUT2D eigenvalue weighted by Gasteiger charge is -2.16. The quantitative estimate of drug-likeness (QED) is 0.736. The van der Waals surface area contributed by atoms with Gasteiger partial charge in [-0.2, -0.15) is 0 Å². The molecule has 3 N–H and O–H groups in total. The summed E-state index contributed by atoms with van der Waals surface area (Å²) in [6.07, 6.45) is 0. The fourth-order valence-corrected chi connectivity index (χ4v) is 1.26. The number of ether oxygens (including phenoxy) is 1. The van der Waals surface area contributed by atoms with Gasteiger partial charge in [-0.3, -0.25) is 0 Å². The van der Waals surface area contributed by atoms with Crippen molar-refractivity contribution >= 4 is 11.4 Å². The molecule has 1 aromatic rings. The van der Waals surface area contributed by atoms with E-state index in [4.69, 9.17) is 10.5 Å². The molecule has 4 heteroatoms. The van der Waals surface area contributed by atoms with Crippen molar-refractivity contribution in [3.63, 3.8) is 0 Å². The van der Waals surface area contributed by atoms with Crippen molar-refractivity contribution < 1.29 is 9.13 Å². The number of hydrogen-bond acceptors (Lipinski definition) is 3. The third-order valence-corrected chi connectivity index (χ3v) is 1.99. The van der Waals surface area contributed by atoms with Crippen LogP contribution in [0.1, 0.15) is 13.8 Å². The molecule has 0 aliphatic heterocycles. The van der Waals surface area contributed by atoms with E-state index in [0.717, 1.165) is 0 Å². The summed E-state index contributed by atoms with van der Waals surface area (Å²) in [7, 11) is 0. The van der Waals surface area contributed by atoms with Crippen LogP contribution in [-0.4, -0.2) is 19.3 Å². The second kappa shape index (κ2) is 5.56. The van der Waals surface area contributed by atoms with Crippen LogP contribution in [-0.2, 0) is 4.74 Å². The summed E-state index contributed by atoms with van der Waals surface area (Å²) in [5.74, 6) is -0.296. The summed E-state index contributed by atoms with van der Waals surface area (Å²) in [6.45, 7) is 5.14. The Bertz CT molecular complexity index is 317. The molecule has 0 aliphatic rings. The number of nitrogens with one attached hydrogen (secondary N) is 1. The van der Waals surface area contributed by atoms with Crippen molar-refractivity contribution in [2.45, 2.75) is 19.9 Å². The minimum absolute atomic E-state index is 0.106. The van der Waals surface area contributed by atoms with E-state index in [2.05, 4.69) is 5.32 Å². The predicted octanol–water partition coefficient (Wildman–Crippen LogP) is 2.24. The fraction of sp³-hybridized carbons (Fsp3) is 0.455. The first-order chi connectivity index (χ1) is 7.13. The molecular weight excluding hydrogens is 195 g/mol. The molecule has 1 aromatic carbocycles. The second-order valence-electron chi connectivity index (χ2n) is 3.44. The standard InChI is InChI=1S/C11H17FN2O/c1-3-15-7-8(2)14-11-6-9(12)4-5-10(11)13/h4-6,8,14H,3,7,13H2,1-2H3. The van der Waals surface area contributed by atoms with Gasteiger partial charge in [0.1, 0.15) is 5.82 Å². The average Bonchev–Trinajstić information content (AvgIpc) is 2.20. The molecular formula is C11H17FN2O. The normalized spacial score (nSPS) is 12.5. The predicted molar refractivity (Wildman–Crippen MR) is 60.4 cm³/mol. The molecule has 0 heterocycles. The summed E-state index contributed by atoms with van der Waals surface area (Å²) in [6, 6.07) is 4.38. The maximum atomic E-state index is 12.9. The lowest BCUT2D eigenvalue weighted by molar-refractivity contribution is 0.141. The molecule has 0 saturated heterocycles. The van der Waals surface area contributed by atoms with Gasteiger partial charge in [0.15, 0.2) is 0 Å². The Hall–Kier alpha value is -1.29. The van der Waals surface area contributed by atoms with Crippen LogP contribution in [0.25, 0.3) is 0 Å². The Balaban J connectivity index is 2.59. The van der Waals surface area contributed by atoms with Crippen LogP contribution in [0.5, 0.6) is 0 Å². The molecule has 0 amide bonds. The number of hydrogen-bond donors (Lipinski definition) is 2. The number of rotatable bonds is 5. The Morgan fingerprint density at radius 3 is 2.93 bits per heavy atom. The average molecular weight is 212 g/mol. The number of anilines is 2. The van der Waals surface area contributed by atoms with Crippen LogP contribution >= 0.6 is 0 Å². The summed E-state index contributed by atoms with van der Waals surface area (Å²) < 4.78 is 18.2. The monoisotopic (exact) mass is 212 g/mol. The van der Waals surface area contributed by atoms with Crippen LogP contribution in [0.4, 0.5) is 15.8 Å². The van der Waals surface area contributed by atoms with E-state index in [0.29, 0.717) is 24.6 Å². The number of benzene rings is 1. The lowest BCUT2D eigenvalue weighted by atomic mass is 10.2. The molecule has 1 atom stereocenters. The van der Waals surface area contributed by atoms with E-state index in [-0.39, 0.29) is 11.9 Å². The minimum atomic E-state index is -0.296. The largest absolute Gasteiger partial charge is 0.397 e. The highest BCUT2D eigenvalue weighted by Crippen LogP contribution is 2.19. The number of nitrogens with two attached hydrogens (primary N) is 1. The van der Waals surface area contributed by atoms with Crippen LogP contribution in [0.2, 0.25) is 0 Å². The zero-order chi connectivity index (χ0) is 11.3. The van der Waals surface area contributed by atoms with E-state index in [9.17, 15) is 4.39 Å². The maximum absolute atomic E-state index is 12.9. The molecule has 1 rings (SSSR count). The fourth-order valence-electron chi connectivity index (χ4n) is 1.26. The zero-order valence-electron chi connectivity index (χ0n) is 9.09. The first-order valence-electron chi connectivity index (χ1n) is 5.02. The van der Waals surface area contributed by atoms with Gasteiger partial charge in [0, 0.05) is 12.6 Å². The highest BCUT2D eigenvalue weighted by Gasteiger charge is 2.05. The summed E-state index contributed by atoms with van der Waals surface area (Å²) in [5, 5.41) is 3.10. The summed E-state index contributed by atoms with van der Waals surface area (Å²) in [4.78, 5) is 0. The maximum Gasteiger partial charge on any atom is 0.125 e.